The van der Waals surface area contributed by atoms with E-state index < -0.39 is 0 Å². The first kappa shape index (κ1) is 19.5. The molecule has 0 amide bonds. The molecule has 156 valence electrons. The van der Waals surface area contributed by atoms with Gasteiger partial charge in [0.05, 0.1) is 5.52 Å². The second kappa shape index (κ2) is 9.10. The number of benzene rings is 2. The molecule has 0 spiro atoms. The molecule has 6 nitrogen and oxygen atoms in total. The number of pyridine rings is 1. The van der Waals surface area contributed by atoms with Crippen molar-refractivity contribution >= 4 is 16.7 Å². The van der Waals surface area contributed by atoms with Crippen molar-refractivity contribution < 1.29 is 4.74 Å². The van der Waals surface area contributed by atoms with Crippen molar-refractivity contribution in [2.45, 2.75) is 0 Å². The van der Waals surface area contributed by atoms with Crippen LogP contribution in [0.4, 0.5) is 5.82 Å². The first-order valence-electron chi connectivity index (χ1n) is 10.7. The molecule has 0 bridgehead atoms. The molecule has 0 atom stereocenters. The van der Waals surface area contributed by atoms with Crippen LogP contribution in [0.2, 0.25) is 0 Å². The number of rotatable bonds is 6. The number of piperazine rings is 1. The van der Waals surface area contributed by atoms with Gasteiger partial charge in [-0.1, -0.05) is 30.3 Å². The maximum absolute atomic E-state index is 5.86. The third-order valence-corrected chi connectivity index (χ3v) is 5.59. The number of hydrogen-bond acceptors (Lipinski definition) is 6. The quantitative estimate of drug-likeness (QED) is 0.480. The fourth-order valence-corrected chi connectivity index (χ4v) is 3.92. The molecule has 2 aromatic carbocycles. The Morgan fingerprint density at radius 3 is 2.42 bits per heavy atom. The molecule has 1 saturated heterocycles. The number of hydrogen-bond donors (Lipinski definition) is 0. The van der Waals surface area contributed by atoms with Crippen LogP contribution >= 0.6 is 0 Å². The van der Waals surface area contributed by atoms with Gasteiger partial charge in [-0.2, -0.15) is 0 Å². The Bertz CT molecular complexity index is 1130. The van der Waals surface area contributed by atoms with Crippen molar-refractivity contribution in [1.82, 2.24) is 19.9 Å². The number of para-hydroxylation sites is 2. The van der Waals surface area contributed by atoms with Crippen molar-refractivity contribution in [1.29, 1.82) is 0 Å². The highest BCUT2D eigenvalue weighted by molar-refractivity contribution is 5.91. The van der Waals surface area contributed by atoms with Crippen LogP contribution in [-0.4, -0.2) is 59.2 Å². The first-order valence-corrected chi connectivity index (χ1v) is 10.7. The number of fused-ring (bicyclic) bond motifs is 1. The van der Waals surface area contributed by atoms with Crippen LogP contribution in [0.3, 0.4) is 0 Å². The fourth-order valence-electron chi connectivity index (χ4n) is 3.92. The zero-order valence-corrected chi connectivity index (χ0v) is 17.4. The third-order valence-electron chi connectivity index (χ3n) is 5.59. The van der Waals surface area contributed by atoms with Crippen molar-refractivity contribution in [3.63, 3.8) is 0 Å². The highest BCUT2D eigenvalue weighted by Crippen LogP contribution is 2.28. The predicted octanol–water partition coefficient (Wildman–Crippen LogP) is 3.89. The van der Waals surface area contributed by atoms with E-state index in [1.807, 2.05) is 54.7 Å². The van der Waals surface area contributed by atoms with E-state index in [4.69, 9.17) is 14.7 Å². The lowest BCUT2D eigenvalue weighted by molar-refractivity contribution is 0.200. The van der Waals surface area contributed by atoms with E-state index in [0.717, 1.165) is 66.6 Å². The van der Waals surface area contributed by atoms with Gasteiger partial charge in [0.1, 0.15) is 18.2 Å². The summed E-state index contributed by atoms with van der Waals surface area (Å²) in [7, 11) is 0. The lowest BCUT2D eigenvalue weighted by atomic mass is 10.2. The van der Waals surface area contributed by atoms with Crippen LogP contribution in [0.25, 0.3) is 22.3 Å². The summed E-state index contributed by atoms with van der Waals surface area (Å²) in [6, 6.07) is 22.2. The summed E-state index contributed by atoms with van der Waals surface area (Å²) in [4.78, 5) is 18.8. The predicted molar refractivity (Wildman–Crippen MR) is 123 cm³/mol. The van der Waals surface area contributed by atoms with Crippen LogP contribution in [0.5, 0.6) is 5.75 Å². The minimum Gasteiger partial charge on any atom is -0.492 e. The Kier molecular flexibility index (Phi) is 5.71. The van der Waals surface area contributed by atoms with Gasteiger partial charge < -0.3 is 9.64 Å². The number of nitrogens with zero attached hydrogens (tertiary/aromatic N) is 5. The molecule has 0 saturated carbocycles. The molecule has 6 heteroatoms. The monoisotopic (exact) mass is 411 g/mol. The van der Waals surface area contributed by atoms with Crippen LogP contribution in [0.1, 0.15) is 0 Å². The Morgan fingerprint density at radius 2 is 1.61 bits per heavy atom. The second-order valence-electron chi connectivity index (χ2n) is 7.62. The van der Waals surface area contributed by atoms with Crippen molar-refractivity contribution in [2.75, 3.05) is 44.2 Å². The zero-order valence-electron chi connectivity index (χ0n) is 17.4. The first-order chi connectivity index (χ1) is 15.4. The van der Waals surface area contributed by atoms with Crippen molar-refractivity contribution in [2.24, 2.45) is 0 Å². The van der Waals surface area contributed by atoms with E-state index in [9.17, 15) is 0 Å². The minimum absolute atomic E-state index is 0.700. The molecular formula is C25H25N5O. The smallest absolute Gasteiger partial charge is 0.163 e. The standard InChI is InChI=1S/C25H25N5O/c1-2-8-21(9-3-1)31-18-17-29-13-15-30(16-14-29)25-22-10-4-5-11-23(22)27-24(28-25)20-7-6-12-26-19-20/h1-12,19H,13-18H2. The summed E-state index contributed by atoms with van der Waals surface area (Å²) in [6.45, 7) is 5.45. The molecule has 5 rings (SSSR count). The molecule has 0 aliphatic carbocycles. The average molecular weight is 412 g/mol. The molecule has 0 radical (unpaired) electrons. The lowest BCUT2D eigenvalue weighted by Gasteiger charge is -2.35. The molecule has 1 fully saturated rings. The van der Waals surface area contributed by atoms with E-state index in [2.05, 4.69) is 33.0 Å². The van der Waals surface area contributed by atoms with Gasteiger partial charge in [0.15, 0.2) is 5.82 Å². The maximum atomic E-state index is 5.86. The summed E-state index contributed by atoms with van der Waals surface area (Å²) in [6.07, 6.45) is 3.59. The van der Waals surface area contributed by atoms with E-state index in [0.29, 0.717) is 6.61 Å². The Morgan fingerprint density at radius 1 is 0.806 bits per heavy atom. The maximum Gasteiger partial charge on any atom is 0.163 e. The lowest BCUT2D eigenvalue weighted by Crippen LogP contribution is -2.47. The van der Waals surface area contributed by atoms with Gasteiger partial charge in [-0.3, -0.25) is 9.88 Å². The second-order valence-corrected chi connectivity index (χ2v) is 7.62. The highest BCUT2D eigenvalue weighted by atomic mass is 16.5. The van der Waals surface area contributed by atoms with E-state index >= 15 is 0 Å². The Labute approximate surface area is 182 Å². The van der Waals surface area contributed by atoms with E-state index in [1.165, 1.54) is 0 Å². The van der Waals surface area contributed by atoms with Gasteiger partial charge >= 0.3 is 0 Å². The molecule has 2 aromatic heterocycles. The van der Waals surface area contributed by atoms with Crippen LogP contribution in [0, 0.1) is 0 Å². The van der Waals surface area contributed by atoms with Gasteiger partial charge in [-0.25, -0.2) is 9.97 Å². The highest BCUT2D eigenvalue weighted by Gasteiger charge is 2.21. The number of aromatic nitrogens is 3. The SMILES string of the molecule is c1ccc(OCCN2CCN(c3nc(-c4cccnc4)nc4ccccc34)CC2)cc1. The summed E-state index contributed by atoms with van der Waals surface area (Å²) in [5, 5.41) is 1.09. The van der Waals surface area contributed by atoms with Crippen LogP contribution in [-0.2, 0) is 0 Å². The molecule has 1 aliphatic heterocycles. The van der Waals surface area contributed by atoms with Gasteiger partial charge in [0.25, 0.3) is 0 Å². The van der Waals surface area contributed by atoms with E-state index in [1.54, 1.807) is 6.20 Å². The zero-order chi connectivity index (χ0) is 20.9. The fraction of sp³-hybridized carbons (Fsp3) is 0.240. The normalized spacial score (nSPS) is 14.6. The average Bonchev–Trinajstić information content (AvgIpc) is 2.85. The summed E-state index contributed by atoms with van der Waals surface area (Å²) >= 11 is 0. The Balaban J connectivity index is 1.29. The molecule has 0 N–H and O–H groups in total. The van der Waals surface area contributed by atoms with Gasteiger partial charge in [0.2, 0.25) is 0 Å². The van der Waals surface area contributed by atoms with Crippen molar-refractivity contribution in [3.05, 3.63) is 79.1 Å². The third kappa shape index (κ3) is 4.49. The number of ether oxygens (including phenoxy) is 1. The molecule has 0 unspecified atom stereocenters. The topological polar surface area (TPSA) is 54.4 Å². The van der Waals surface area contributed by atoms with E-state index in [-0.39, 0.29) is 0 Å². The van der Waals surface area contributed by atoms with Gasteiger partial charge in [-0.05, 0) is 36.4 Å². The summed E-state index contributed by atoms with van der Waals surface area (Å²) in [5.74, 6) is 2.65. The van der Waals surface area contributed by atoms with Crippen molar-refractivity contribution in [3.8, 4) is 17.1 Å². The summed E-state index contributed by atoms with van der Waals surface area (Å²) < 4.78 is 5.86. The summed E-state index contributed by atoms with van der Waals surface area (Å²) in [5.41, 5.74) is 1.90. The minimum atomic E-state index is 0.700. The van der Waals surface area contributed by atoms with Gasteiger partial charge in [-0.15, -0.1) is 0 Å². The molecular weight excluding hydrogens is 386 g/mol. The Hall–Kier alpha value is -3.51. The van der Waals surface area contributed by atoms with Crippen LogP contribution in [0.15, 0.2) is 79.1 Å². The van der Waals surface area contributed by atoms with Gasteiger partial charge in [0, 0.05) is 56.1 Å². The van der Waals surface area contributed by atoms with Crippen LogP contribution < -0.4 is 9.64 Å². The molecule has 31 heavy (non-hydrogen) atoms. The molecule has 1 aliphatic rings. The largest absolute Gasteiger partial charge is 0.492 e. The molecule has 4 aromatic rings. The number of anilines is 1. The molecule has 3 heterocycles.